The number of hydrogen-bond acceptors (Lipinski definition) is 2. The van der Waals surface area contributed by atoms with Crippen molar-refractivity contribution in [3.05, 3.63) is 66.2 Å². The van der Waals surface area contributed by atoms with Gasteiger partial charge in [-0.15, -0.1) is 0 Å². The van der Waals surface area contributed by atoms with E-state index < -0.39 is 18.2 Å². The zero-order chi connectivity index (χ0) is 16.2. The standard InChI is InChI=1S/C17H16F3NO/c1-16(22,17(18,19)20)12-15(13-8-4-2-5-9-13)21-14-10-6-3-7-11-14/h2-11,22H,12H2,1H3. The summed E-state index contributed by atoms with van der Waals surface area (Å²) in [6, 6.07) is 17.3. The summed E-state index contributed by atoms with van der Waals surface area (Å²) < 4.78 is 38.8. The third-order valence-electron chi connectivity index (χ3n) is 3.25. The minimum atomic E-state index is -4.72. The number of benzene rings is 2. The van der Waals surface area contributed by atoms with Crippen LogP contribution in [0.3, 0.4) is 0 Å². The van der Waals surface area contributed by atoms with Crippen LogP contribution in [0, 0.1) is 0 Å². The summed E-state index contributed by atoms with van der Waals surface area (Å²) in [6.07, 6.45) is -5.34. The van der Waals surface area contributed by atoms with Crippen molar-refractivity contribution in [2.24, 2.45) is 4.99 Å². The van der Waals surface area contributed by atoms with Crippen molar-refractivity contribution < 1.29 is 18.3 Å². The summed E-state index contributed by atoms with van der Waals surface area (Å²) in [6.45, 7) is 0.760. The second-order valence-corrected chi connectivity index (χ2v) is 5.21. The molecule has 1 atom stereocenters. The Labute approximate surface area is 126 Å². The highest BCUT2D eigenvalue weighted by Gasteiger charge is 2.50. The molecular formula is C17H16F3NO. The molecule has 0 bridgehead atoms. The fourth-order valence-corrected chi connectivity index (χ4v) is 1.92. The molecule has 0 aliphatic rings. The lowest BCUT2D eigenvalue weighted by molar-refractivity contribution is -0.249. The first-order valence-electron chi connectivity index (χ1n) is 6.77. The number of halogens is 3. The molecule has 2 rings (SSSR count). The smallest absolute Gasteiger partial charge is 0.380 e. The number of hydrogen-bond donors (Lipinski definition) is 1. The maximum Gasteiger partial charge on any atom is 0.417 e. The van der Waals surface area contributed by atoms with Crippen LogP contribution < -0.4 is 0 Å². The Morgan fingerprint density at radius 1 is 0.955 bits per heavy atom. The summed E-state index contributed by atoms with van der Waals surface area (Å²) in [5, 5.41) is 9.75. The van der Waals surface area contributed by atoms with Gasteiger partial charge in [-0.1, -0.05) is 48.5 Å². The Bertz CT molecular complexity index is 634. The fraction of sp³-hybridized carbons (Fsp3) is 0.235. The Hall–Kier alpha value is -2.14. The van der Waals surface area contributed by atoms with Crippen LogP contribution in [0.4, 0.5) is 18.9 Å². The van der Waals surface area contributed by atoms with Crippen LogP contribution >= 0.6 is 0 Å². The Balaban J connectivity index is 2.42. The van der Waals surface area contributed by atoms with Gasteiger partial charge in [0, 0.05) is 6.42 Å². The lowest BCUT2D eigenvalue weighted by Crippen LogP contribution is -2.44. The summed E-state index contributed by atoms with van der Waals surface area (Å²) in [7, 11) is 0. The summed E-state index contributed by atoms with van der Waals surface area (Å²) in [4.78, 5) is 4.28. The molecule has 0 aliphatic carbocycles. The quantitative estimate of drug-likeness (QED) is 0.828. The Morgan fingerprint density at radius 2 is 1.45 bits per heavy atom. The molecule has 2 nitrogen and oxygen atoms in total. The van der Waals surface area contributed by atoms with Crippen LogP contribution in [0.25, 0.3) is 0 Å². The summed E-state index contributed by atoms with van der Waals surface area (Å²) in [5.74, 6) is 0. The number of alkyl halides is 3. The Morgan fingerprint density at radius 3 is 1.95 bits per heavy atom. The maximum absolute atomic E-state index is 12.9. The van der Waals surface area contributed by atoms with E-state index in [-0.39, 0.29) is 5.71 Å². The molecule has 0 radical (unpaired) electrons. The van der Waals surface area contributed by atoms with Crippen LogP contribution in [0.1, 0.15) is 18.9 Å². The number of nitrogens with zero attached hydrogens (tertiary/aromatic N) is 1. The minimum Gasteiger partial charge on any atom is -0.380 e. The van der Waals surface area contributed by atoms with Gasteiger partial charge in [0.15, 0.2) is 5.60 Å². The molecule has 0 heterocycles. The molecule has 0 saturated carbocycles. The van der Waals surface area contributed by atoms with Gasteiger partial charge in [0.1, 0.15) is 0 Å². The predicted octanol–water partition coefficient (Wildman–Crippen LogP) is 4.51. The average molecular weight is 307 g/mol. The van der Waals surface area contributed by atoms with Crippen molar-refractivity contribution in [2.75, 3.05) is 0 Å². The van der Waals surface area contributed by atoms with E-state index in [1.165, 1.54) is 0 Å². The van der Waals surface area contributed by atoms with E-state index in [0.717, 1.165) is 6.92 Å². The largest absolute Gasteiger partial charge is 0.417 e. The highest BCUT2D eigenvalue weighted by molar-refractivity contribution is 6.02. The molecule has 2 aromatic rings. The molecule has 116 valence electrons. The van der Waals surface area contributed by atoms with Gasteiger partial charge in [0.2, 0.25) is 0 Å². The second kappa shape index (κ2) is 6.32. The molecule has 2 aromatic carbocycles. The molecule has 0 saturated heterocycles. The lowest BCUT2D eigenvalue weighted by Gasteiger charge is -2.27. The monoisotopic (exact) mass is 307 g/mol. The van der Waals surface area contributed by atoms with E-state index in [0.29, 0.717) is 11.3 Å². The molecule has 0 aliphatic heterocycles. The van der Waals surface area contributed by atoms with E-state index in [1.54, 1.807) is 60.7 Å². The van der Waals surface area contributed by atoms with Crippen LogP contribution in [0.5, 0.6) is 0 Å². The van der Waals surface area contributed by atoms with Gasteiger partial charge in [-0.05, 0) is 24.6 Å². The molecule has 0 aromatic heterocycles. The highest BCUT2D eigenvalue weighted by Crippen LogP contribution is 2.34. The average Bonchev–Trinajstić information content (AvgIpc) is 2.47. The third-order valence-corrected chi connectivity index (χ3v) is 3.25. The van der Waals surface area contributed by atoms with Crippen LogP contribution in [0.2, 0.25) is 0 Å². The van der Waals surface area contributed by atoms with Crippen molar-refractivity contribution in [2.45, 2.75) is 25.1 Å². The normalized spacial score (nSPS) is 15.4. The van der Waals surface area contributed by atoms with Crippen molar-refractivity contribution in [3.63, 3.8) is 0 Å². The van der Waals surface area contributed by atoms with E-state index in [4.69, 9.17) is 0 Å². The van der Waals surface area contributed by atoms with E-state index in [2.05, 4.69) is 4.99 Å². The van der Waals surface area contributed by atoms with Crippen molar-refractivity contribution in [1.29, 1.82) is 0 Å². The van der Waals surface area contributed by atoms with E-state index in [1.807, 2.05) is 0 Å². The maximum atomic E-state index is 12.9. The van der Waals surface area contributed by atoms with Gasteiger partial charge in [-0.25, -0.2) is 0 Å². The molecular weight excluding hydrogens is 291 g/mol. The highest BCUT2D eigenvalue weighted by atomic mass is 19.4. The minimum absolute atomic E-state index is 0.189. The summed E-state index contributed by atoms with van der Waals surface area (Å²) in [5.41, 5.74) is -1.56. The first-order valence-corrected chi connectivity index (χ1v) is 6.77. The first-order chi connectivity index (χ1) is 10.3. The van der Waals surface area contributed by atoms with E-state index in [9.17, 15) is 18.3 Å². The van der Waals surface area contributed by atoms with Crippen molar-refractivity contribution in [3.8, 4) is 0 Å². The van der Waals surface area contributed by atoms with Gasteiger partial charge in [-0.3, -0.25) is 4.99 Å². The number of aliphatic imine (C=N–C) groups is 1. The predicted molar refractivity (Wildman–Crippen MR) is 80.4 cm³/mol. The SMILES string of the molecule is CC(O)(CC(=Nc1ccccc1)c1ccccc1)C(F)(F)F. The second-order valence-electron chi connectivity index (χ2n) is 5.21. The molecule has 0 fully saturated rings. The van der Waals surface area contributed by atoms with Crippen LogP contribution in [0.15, 0.2) is 65.7 Å². The number of aliphatic hydroxyl groups is 1. The molecule has 1 N–H and O–H groups in total. The number of para-hydroxylation sites is 1. The van der Waals surface area contributed by atoms with Crippen LogP contribution in [-0.4, -0.2) is 22.6 Å². The zero-order valence-electron chi connectivity index (χ0n) is 12.0. The fourth-order valence-electron chi connectivity index (χ4n) is 1.92. The molecule has 5 heteroatoms. The molecule has 0 spiro atoms. The topological polar surface area (TPSA) is 32.6 Å². The van der Waals surface area contributed by atoms with Gasteiger partial charge in [-0.2, -0.15) is 13.2 Å². The van der Waals surface area contributed by atoms with Gasteiger partial charge in [0.25, 0.3) is 0 Å². The molecule has 0 amide bonds. The van der Waals surface area contributed by atoms with Crippen LogP contribution in [-0.2, 0) is 0 Å². The third kappa shape index (κ3) is 3.95. The van der Waals surface area contributed by atoms with Crippen molar-refractivity contribution >= 4 is 11.4 Å². The van der Waals surface area contributed by atoms with Gasteiger partial charge >= 0.3 is 6.18 Å². The Kier molecular flexibility index (Phi) is 4.66. The summed E-state index contributed by atoms with van der Waals surface area (Å²) >= 11 is 0. The lowest BCUT2D eigenvalue weighted by atomic mass is 9.94. The van der Waals surface area contributed by atoms with E-state index >= 15 is 0 Å². The van der Waals surface area contributed by atoms with Crippen molar-refractivity contribution in [1.82, 2.24) is 0 Å². The zero-order valence-corrected chi connectivity index (χ0v) is 12.0. The molecule has 1 unspecified atom stereocenters. The first kappa shape index (κ1) is 16.2. The molecule has 22 heavy (non-hydrogen) atoms. The van der Waals surface area contributed by atoms with Gasteiger partial charge < -0.3 is 5.11 Å². The number of rotatable bonds is 4. The van der Waals surface area contributed by atoms with Gasteiger partial charge in [0.05, 0.1) is 11.4 Å².